The lowest BCUT2D eigenvalue weighted by atomic mass is 10.2. The highest BCUT2D eigenvalue weighted by atomic mass is 16.5. The van der Waals surface area contributed by atoms with Crippen LogP contribution >= 0.6 is 0 Å². The van der Waals surface area contributed by atoms with Crippen LogP contribution in [0.4, 0.5) is 5.69 Å². The number of carbonyl (C=O) groups excluding carboxylic acids is 1. The van der Waals surface area contributed by atoms with E-state index in [0.29, 0.717) is 6.54 Å². The topological polar surface area (TPSA) is 55.6 Å². The van der Waals surface area contributed by atoms with E-state index in [1.54, 1.807) is 4.90 Å². The van der Waals surface area contributed by atoms with Crippen molar-refractivity contribution in [2.75, 3.05) is 25.2 Å². The standard InChI is InChI=1S/C13H20N2O2/c1-4-15(13(16)12(14)9-17-3)11-7-5-6-10(2)8-11/h5-8,12H,4,9,14H2,1-3H3. The summed E-state index contributed by atoms with van der Waals surface area (Å²) in [5.74, 6) is -0.111. The number of aryl methyl sites for hydroxylation is 1. The third-order valence-corrected chi connectivity index (χ3v) is 2.56. The molecule has 0 saturated heterocycles. The van der Waals surface area contributed by atoms with Crippen molar-refractivity contribution in [2.45, 2.75) is 19.9 Å². The van der Waals surface area contributed by atoms with E-state index < -0.39 is 6.04 Å². The molecule has 0 fully saturated rings. The predicted octanol–water partition coefficient (Wildman–Crippen LogP) is 1.32. The van der Waals surface area contributed by atoms with Gasteiger partial charge in [0.1, 0.15) is 6.04 Å². The summed E-state index contributed by atoms with van der Waals surface area (Å²) in [6.45, 7) is 4.76. The molecular formula is C13H20N2O2. The summed E-state index contributed by atoms with van der Waals surface area (Å²) in [7, 11) is 1.54. The van der Waals surface area contributed by atoms with Crippen LogP contribution in [0.25, 0.3) is 0 Å². The van der Waals surface area contributed by atoms with Crippen LogP contribution in [0.1, 0.15) is 12.5 Å². The summed E-state index contributed by atoms with van der Waals surface area (Å²) in [6, 6.07) is 7.20. The Bertz CT molecular complexity index is 379. The summed E-state index contributed by atoms with van der Waals surface area (Å²) < 4.78 is 4.91. The summed E-state index contributed by atoms with van der Waals surface area (Å²) in [6.07, 6.45) is 0. The zero-order valence-corrected chi connectivity index (χ0v) is 10.6. The first-order valence-corrected chi connectivity index (χ1v) is 5.72. The quantitative estimate of drug-likeness (QED) is 0.839. The van der Waals surface area contributed by atoms with Crippen LogP contribution in [0.3, 0.4) is 0 Å². The van der Waals surface area contributed by atoms with Gasteiger partial charge in [-0.3, -0.25) is 4.79 Å². The second-order valence-electron chi connectivity index (χ2n) is 3.98. The molecule has 0 bridgehead atoms. The molecular weight excluding hydrogens is 216 g/mol. The molecule has 0 aromatic heterocycles. The van der Waals surface area contributed by atoms with Gasteiger partial charge in [-0.1, -0.05) is 12.1 Å². The first kappa shape index (κ1) is 13.7. The van der Waals surface area contributed by atoms with Crippen LogP contribution in [-0.4, -0.2) is 32.2 Å². The number of carbonyl (C=O) groups is 1. The van der Waals surface area contributed by atoms with Crippen LogP contribution in [0.2, 0.25) is 0 Å². The molecule has 2 N–H and O–H groups in total. The first-order valence-electron chi connectivity index (χ1n) is 5.72. The second-order valence-corrected chi connectivity index (χ2v) is 3.98. The van der Waals surface area contributed by atoms with Crippen molar-refractivity contribution in [3.8, 4) is 0 Å². The van der Waals surface area contributed by atoms with Gasteiger partial charge in [0.05, 0.1) is 6.61 Å². The van der Waals surface area contributed by atoms with Crippen LogP contribution in [0.5, 0.6) is 0 Å². The van der Waals surface area contributed by atoms with Gasteiger partial charge in [-0.05, 0) is 31.5 Å². The molecule has 0 aliphatic rings. The van der Waals surface area contributed by atoms with Crippen LogP contribution in [-0.2, 0) is 9.53 Å². The maximum atomic E-state index is 12.1. The number of rotatable bonds is 5. The van der Waals surface area contributed by atoms with Gasteiger partial charge in [-0.15, -0.1) is 0 Å². The lowest BCUT2D eigenvalue weighted by Gasteiger charge is -2.24. The highest BCUT2D eigenvalue weighted by Crippen LogP contribution is 2.16. The molecule has 1 unspecified atom stereocenters. The van der Waals surface area contributed by atoms with Crippen molar-refractivity contribution in [2.24, 2.45) is 5.73 Å². The van der Waals surface area contributed by atoms with Crippen molar-refractivity contribution in [3.05, 3.63) is 29.8 Å². The summed E-state index contributed by atoms with van der Waals surface area (Å²) in [5.41, 5.74) is 7.76. The molecule has 0 aliphatic carbocycles. The Hall–Kier alpha value is -1.39. The monoisotopic (exact) mass is 236 g/mol. The van der Waals surface area contributed by atoms with Crippen LogP contribution < -0.4 is 10.6 Å². The Balaban J connectivity index is 2.88. The molecule has 1 rings (SSSR count). The summed E-state index contributed by atoms with van der Waals surface area (Å²) in [4.78, 5) is 13.8. The van der Waals surface area contributed by atoms with Crippen LogP contribution in [0, 0.1) is 6.92 Å². The zero-order valence-electron chi connectivity index (χ0n) is 10.6. The minimum Gasteiger partial charge on any atom is -0.383 e. The van der Waals surface area contributed by atoms with Crippen molar-refractivity contribution in [1.29, 1.82) is 0 Å². The zero-order chi connectivity index (χ0) is 12.8. The molecule has 0 aliphatic heterocycles. The van der Waals surface area contributed by atoms with E-state index in [9.17, 15) is 4.79 Å². The Morgan fingerprint density at radius 2 is 2.24 bits per heavy atom. The minimum atomic E-state index is -0.611. The van der Waals surface area contributed by atoms with E-state index in [0.717, 1.165) is 11.3 Å². The Morgan fingerprint density at radius 3 is 2.76 bits per heavy atom. The van der Waals surface area contributed by atoms with E-state index in [4.69, 9.17) is 10.5 Å². The van der Waals surface area contributed by atoms with Crippen molar-refractivity contribution in [1.82, 2.24) is 0 Å². The van der Waals surface area contributed by atoms with Gasteiger partial charge in [0.25, 0.3) is 0 Å². The maximum Gasteiger partial charge on any atom is 0.246 e. The number of hydrogen-bond acceptors (Lipinski definition) is 3. The molecule has 1 atom stereocenters. The maximum absolute atomic E-state index is 12.1. The van der Waals surface area contributed by atoms with Crippen molar-refractivity contribution >= 4 is 11.6 Å². The van der Waals surface area contributed by atoms with Gasteiger partial charge in [0.2, 0.25) is 5.91 Å². The van der Waals surface area contributed by atoms with Gasteiger partial charge in [0, 0.05) is 19.3 Å². The van der Waals surface area contributed by atoms with Gasteiger partial charge >= 0.3 is 0 Å². The molecule has 94 valence electrons. The first-order chi connectivity index (χ1) is 8.10. The molecule has 17 heavy (non-hydrogen) atoms. The van der Waals surface area contributed by atoms with E-state index in [-0.39, 0.29) is 12.5 Å². The van der Waals surface area contributed by atoms with Gasteiger partial charge in [0.15, 0.2) is 0 Å². The van der Waals surface area contributed by atoms with Crippen molar-refractivity contribution < 1.29 is 9.53 Å². The molecule has 1 amide bonds. The average Bonchev–Trinajstić information content (AvgIpc) is 2.30. The molecule has 0 spiro atoms. The Morgan fingerprint density at radius 1 is 1.53 bits per heavy atom. The molecule has 1 aromatic carbocycles. The number of anilines is 1. The number of amides is 1. The summed E-state index contributed by atoms with van der Waals surface area (Å²) >= 11 is 0. The van der Waals surface area contributed by atoms with E-state index in [1.807, 2.05) is 38.1 Å². The number of hydrogen-bond donors (Lipinski definition) is 1. The fourth-order valence-corrected chi connectivity index (χ4v) is 1.71. The third-order valence-electron chi connectivity index (χ3n) is 2.56. The SMILES string of the molecule is CCN(C(=O)C(N)COC)c1cccc(C)c1. The fraction of sp³-hybridized carbons (Fsp3) is 0.462. The smallest absolute Gasteiger partial charge is 0.246 e. The Labute approximate surface area is 102 Å². The number of nitrogens with two attached hydrogens (primary N) is 1. The summed E-state index contributed by atoms with van der Waals surface area (Å²) in [5, 5.41) is 0. The van der Waals surface area contributed by atoms with Crippen molar-refractivity contribution in [3.63, 3.8) is 0 Å². The third kappa shape index (κ3) is 3.54. The highest BCUT2D eigenvalue weighted by Gasteiger charge is 2.20. The second kappa shape index (κ2) is 6.37. The van der Waals surface area contributed by atoms with E-state index >= 15 is 0 Å². The normalized spacial score (nSPS) is 12.2. The van der Waals surface area contributed by atoms with Gasteiger partial charge < -0.3 is 15.4 Å². The lowest BCUT2D eigenvalue weighted by Crippen LogP contribution is -2.46. The molecule has 4 heteroatoms. The number of likely N-dealkylation sites (N-methyl/N-ethyl adjacent to an activating group) is 1. The number of methoxy groups -OCH3 is 1. The molecule has 0 heterocycles. The predicted molar refractivity (Wildman–Crippen MR) is 69.1 cm³/mol. The number of benzene rings is 1. The van der Waals surface area contributed by atoms with Gasteiger partial charge in [-0.2, -0.15) is 0 Å². The molecule has 1 aromatic rings. The largest absolute Gasteiger partial charge is 0.383 e. The molecule has 0 radical (unpaired) electrons. The van der Waals surface area contributed by atoms with E-state index in [2.05, 4.69) is 0 Å². The Kier molecular flexibility index (Phi) is 5.12. The minimum absolute atomic E-state index is 0.111. The fourth-order valence-electron chi connectivity index (χ4n) is 1.71. The van der Waals surface area contributed by atoms with Crippen LogP contribution in [0.15, 0.2) is 24.3 Å². The van der Waals surface area contributed by atoms with Gasteiger partial charge in [-0.25, -0.2) is 0 Å². The average molecular weight is 236 g/mol. The molecule has 4 nitrogen and oxygen atoms in total. The number of nitrogens with zero attached hydrogens (tertiary/aromatic N) is 1. The highest BCUT2D eigenvalue weighted by molar-refractivity contribution is 5.97. The van der Waals surface area contributed by atoms with E-state index in [1.165, 1.54) is 7.11 Å². The number of ether oxygens (including phenoxy) is 1. The lowest BCUT2D eigenvalue weighted by molar-refractivity contribution is -0.120. The molecule has 0 saturated carbocycles.